The molecule has 1 atom stereocenters. The molecule has 5 heteroatoms. The summed E-state index contributed by atoms with van der Waals surface area (Å²) >= 11 is 1.53. The molecule has 3 rings (SSSR count). The molecule has 1 aromatic heterocycles. The highest BCUT2D eigenvalue weighted by molar-refractivity contribution is 7.09. The number of nitrogens with zero attached hydrogens (tertiary/aromatic N) is 1. The molecule has 0 aliphatic heterocycles. The molecule has 0 spiro atoms. The van der Waals surface area contributed by atoms with E-state index in [1.54, 1.807) is 12.1 Å². The van der Waals surface area contributed by atoms with Crippen molar-refractivity contribution in [2.24, 2.45) is 0 Å². The smallest absolute Gasteiger partial charge is 0.244 e. The van der Waals surface area contributed by atoms with Gasteiger partial charge in [-0.1, -0.05) is 43.3 Å². The number of halogens is 1. The molecule has 0 saturated carbocycles. The number of aryl methyl sites for hydroxylation is 2. The van der Waals surface area contributed by atoms with Gasteiger partial charge in [0.15, 0.2) is 0 Å². The number of hydrogen-bond donors (Lipinski definition) is 1. The fraction of sp³-hybridized carbons (Fsp3) is 0.182. The van der Waals surface area contributed by atoms with Crippen LogP contribution in [0.25, 0.3) is 6.08 Å². The van der Waals surface area contributed by atoms with Crippen LogP contribution in [0.4, 0.5) is 4.39 Å². The van der Waals surface area contributed by atoms with Crippen LogP contribution in [0.1, 0.15) is 40.4 Å². The summed E-state index contributed by atoms with van der Waals surface area (Å²) < 4.78 is 13.7. The Morgan fingerprint density at radius 2 is 2.00 bits per heavy atom. The molecule has 0 unspecified atom stereocenters. The quantitative estimate of drug-likeness (QED) is 0.607. The minimum atomic E-state index is -0.430. The summed E-state index contributed by atoms with van der Waals surface area (Å²) in [7, 11) is 0. The van der Waals surface area contributed by atoms with Crippen molar-refractivity contribution in [1.29, 1.82) is 0 Å². The summed E-state index contributed by atoms with van der Waals surface area (Å²) in [4.78, 5) is 16.8. The van der Waals surface area contributed by atoms with Crippen molar-refractivity contribution in [2.45, 2.75) is 26.3 Å². The van der Waals surface area contributed by atoms with Crippen LogP contribution < -0.4 is 5.32 Å². The van der Waals surface area contributed by atoms with Crippen LogP contribution in [0, 0.1) is 12.7 Å². The Labute approximate surface area is 162 Å². The van der Waals surface area contributed by atoms with Gasteiger partial charge in [-0.25, -0.2) is 9.37 Å². The fourth-order valence-electron chi connectivity index (χ4n) is 2.80. The number of benzene rings is 2. The molecule has 3 nitrogen and oxygen atoms in total. The van der Waals surface area contributed by atoms with Gasteiger partial charge in [0.05, 0.1) is 16.7 Å². The Bertz CT molecular complexity index is 947. The zero-order valence-corrected chi connectivity index (χ0v) is 16.1. The third-order valence-electron chi connectivity index (χ3n) is 4.23. The number of amides is 1. The summed E-state index contributed by atoms with van der Waals surface area (Å²) in [5.74, 6) is -0.583. The third kappa shape index (κ3) is 5.11. The molecule has 1 N–H and O–H groups in total. The molecule has 138 valence electrons. The lowest BCUT2D eigenvalue weighted by molar-refractivity contribution is -0.116. The molecular formula is C22H21FN2OS. The van der Waals surface area contributed by atoms with Crippen molar-refractivity contribution in [2.75, 3.05) is 0 Å². The first-order chi connectivity index (χ1) is 13.0. The van der Waals surface area contributed by atoms with E-state index in [0.717, 1.165) is 22.7 Å². The lowest BCUT2D eigenvalue weighted by atomic mass is 9.97. The predicted octanol–water partition coefficient (Wildman–Crippen LogP) is 5.07. The first kappa shape index (κ1) is 19.0. The van der Waals surface area contributed by atoms with Crippen molar-refractivity contribution in [3.63, 3.8) is 0 Å². The van der Waals surface area contributed by atoms with E-state index in [9.17, 15) is 9.18 Å². The van der Waals surface area contributed by atoms with Gasteiger partial charge >= 0.3 is 0 Å². The number of carbonyl (C=O) groups excluding carboxylic acids is 1. The van der Waals surface area contributed by atoms with Crippen molar-refractivity contribution < 1.29 is 9.18 Å². The summed E-state index contributed by atoms with van der Waals surface area (Å²) in [5, 5.41) is 5.82. The van der Waals surface area contributed by atoms with Crippen LogP contribution in [-0.4, -0.2) is 10.9 Å². The van der Waals surface area contributed by atoms with Crippen LogP contribution in [-0.2, 0) is 11.2 Å². The van der Waals surface area contributed by atoms with Gasteiger partial charge in [0, 0.05) is 11.5 Å². The lowest BCUT2D eigenvalue weighted by Crippen LogP contribution is -2.27. The van der Waals surface area contributed by atoms with E-state index in [4.69, 9.17) is 0 Å². The van der Waals surface area contributed by atoms with Gasteiger partial charge < -0.3 is 5.32 Å². The maximum Gasteiger partial charge on any atom is 0.244 e. The molecule has 0 aliphatic carbocycles. The SMILES string of the molecule is CCc1ccc([C@@H](NC(=O)/C=C\c2csc(C)n2)c2cccc(F)c2)cc1. The van der Waals surface area contributed by atoms with Crippen LogP contribution in [0.3, 0.4) is 0 Å². The van der Waals surface area contributed by atoms with Crippen LogP contribution in [0.15, 0.2) is 60.0 Å². The minimum absolute atomic E-state index is 0.255. The second kappa shape index (κ2) is 8.73. The highest BCUT2D eigenvalue weighted by atomic mass is 32.1. The average molecular weight is 380 g/mol. The van der Waals surface area contributed by atoms with Crippen molar-refractivity contribution >= 4 is 23.3 Å². The second-order valence-electron chi connectivity index (χ2n) is 6.22. The van der Waals surface area contributed by atoms with Crippen molar-refractivity contribution in [1.82, 2.24) is 10.3 Å². The highest BCUT2D eigenvalue weighted by Gasteiger charge is 2.16. The number of aromatic nitrogens is 1. The van der Waals surface area contributed by atoms with E-state index in [-0.39, 0.29) is 11.7 Å². The average Bonchev–Trinajstić information content (AvgIpc) is 3.10. The number of thiazole rings is 1. The summed E-state index contributed by atoms with van der Waals surface area (Å²) in [6.45, 7) is 4.01. The standard InChI is InChI=1S/C22H21FN2OS/c1-3-16-7-9-17(10-8-16)22(18-5-4-6-19(23)13-18)25-21(26)12-11-20-14-27-15(2)24-20/h4-14,22H,3H2,1-2H3,(H,25,26)/b12-11-/t22-/m1/s1. The molecule has 0 saturated heterocycles. The Morgan fingerprint density at radius 1 is 1.22 bits per heavy atom. The van der Waals surface area contributed by atoms with Crippen LogP contribution >= 0.6 is 11.3 Å². The zero-order chi connectivity index (χ0) is 19.2. The first-order valence-electron chi connectivity index (χ1n) is 8.80. The second-order valence-corrected chi connectivity index (χ2v) is 7.28. The van der Waals surface area contributed by atoms with Gasteiger partial charge in [-0.2, -0.15) is 0 Å². The normalized spacial score (nSPS) is 12.3. The van der Waals surface area contributed by atoms with Gasteiger partial charge in [-0.05, 0) is 48.2 Å². The van der Waals surface area contributed by atoms with E-state index in [2.05, 4.69) is 17.2 Å². The maximum atomic E-state index is 13.7. The van der Waals surface area contributed by atoms with Gasteiger partial charge in [-0.3, -0.25) is 4.79 Å². The van der Waals surface area contributed by atoms with E-state index in [1.807, 2.05) is 42.6 Å². The molecule has 0 radical (unpaired) electrons. The topological polar surface area (TPSA) is 42.0 Å². The van der Waals surface area contributed by atoms with Crippen LogP contribution in [0.2, 0.25) is 0 Å². The number of nitrogens with one attached hydrogen (secondary N) is 1. The Kier molecular flexibility index (Phi) is 6.14. The largest absolute Gasteiger partial charge is 0.342 e. The third-order valence-corrected chi connectivity index (χ3v) is 5.02. The van der Waals surface area contributed by atoms with E-state index < -0.39 is 6.04 Å². The number of hydrogen-bond acceptors (Lipinski definition) is 3. The molecule has 1 amide bonds. The van der Waals surface area contributed by atoms with E-state index >= 15 is 0 Å². The highest BCUT2D eigenvalue weighted by Crippen LogP contribution is 2.23. The minimum Gasteiger partial charge on any atom is -0.342 e. The van der Waals surface area contributed by atoms with Gasteiger partial charge in [0.2, 0.25) is 5.91 Å². The van der Waals surface area contributed by atoms with Crippen LogP contribution in [0.5, 0.6) is 0 Å². The fourth-order valence-corrected chi connectivity index (χ4v) is 3.38. The van der Waals surface area contributed by atoms with Crippen molar-refractivity contribution in [3.05, 3.63) is 93.2 Å². The maximum absolute atomic E-state index is 13.7. The Hall–Kier alpha value is -2.79. The Balaban J connectivity index is 1.84. The molecule has 0 fully saturated rings. The molecule has 27 heavy (non-hydrogen) atoms. The van der Waals surface area contributed by atoms with E-state index in [0.29, 0.717) is 5.56 Å². The molecule has 2 aromatic carbocycles. The van der Waals surface area contributed by atoms with Gasteiger partial charge in [-0.15, -0.1) is 11.3 Å². The lowest BCUT2D eigenvalue weighted by Gasteiger charge is -2.19. The van der Waals surface area contributed by atoms with Crippen molar-refractivity contribution in [3.8, 4) is 0 Å². The zero-order valence-electron chi connectivity index (χ0n) is 15.3. The van der Waals surface area contributed by atoms with Gasteiger partial charge in [0.1, 0.15) is 5.82 Å². The summed E-state index contributed by atoms with van der Waals surface area (Å²) in [6, 6.07) is 13.9. The molecule has 0 aliphatic rings. The Morgan fingerprint density at radius 3 is 2.63 bits per heavy atom. The van der Waals surface area contributed by atoms with E-state index in [1.165, 1.54) is 35.1 Å². The molecule has 3 aromatic rings. The molecular weight excluding hydrogens is 359 g/mol. The molecule has 1 heterocycles. The van der Waals surface area contributed by atoms with Gasteiger partial charge in [0.25, 0.3) is 0 Å². The summed E-state index contributed by atoms with van der Waals surface area (Å²) in [6.07, 6.45) is 4.08. The first-order valence-corrected chi connectivity index (χ1v) is 9.68. The number of carbonyl (C=O) groups is 1. The monoisotopic (exact) mass is 380 g/mol. The molecule has 0 bridgehead atoms. The predicted molar refractivity (Wildman–Crippen MR) is 108 cm³/mol. The number of rotatable bonds is 6. The summed E-state index contributed by atoms with van der Waals surface area (Å²) in [5.41, 5.74) is 3.57.